The molecule has 1 aromatic carbocycles. The van der Waals surface area contributed by atoms with Crippen LogP contribution in [0.15, 0.2) is 22.7 Å². The van der Waals surface area contributed by atoms with E-state index in [1.54, 1.807) is 17.8 Å². The number of benzene rings is 1. The van der Waals surface area contributed by atoms with Gasteiger partial charge in [-0.1, -0.05) is 22.9 Å². The van der Waals surface area contributed by atoms with Crippen LogP contribution in [0.3, 0.4) is 0 Å². The van der Waals surface area contributed by atoms with Gasteiger partial charge in [0.1, 0.15) is 5.82 Å². The molecule has 0 fully saturated rings. The molecule has 0 radical (unpaired) electrons. The van der Waals surface area contributed by atoms with E-state index in [4.69, 9.17) is 0 Å². The van der Waals surface area contributed by atoms with E-state index in [1.807, 2.05) is 6.92 Å². The summed E-state index contributed by atoms with van der Waals surface area (Å²) in [5.74, 6) is 0.198. The molecule has 0 saturated carbocycles. The topological polar surface area (TPSA) is 26.3 Å². The average Bonchev–Trinajstić information content (AvgIpc) is 2.30. The van der Waals surface area contributed by atoms with E-state index in [9.17, 15) is 9.18 Å². The van der Waals surface area contributed by atoms with Crippen LogP contribution in [0.25, 0.3) is 0 Å². The minimum absolute atomic E-state index is 0.151. The Kier molecular flexibility index (Phi) is 5.98. The number of halogens is 2. The molecule has 0 spiro atoms. The lowest BCUT2D eigenvalue weighted by Gasteiger charge is -2.10. The molecule has 1 unspecified atom stereocenters. The van der Waals surface area contributed by atoms with Crippen molar-refractivity contribution >= 4 is 33.7 Å². The molecule has 1 atom stereocenters. The number of esters is 1. The molecule has 1 aromatic rings. The molecular formula is C12H14BrFO2S. The second-order valence-corrected chi connectivity index (χ2v) is 5.92. The summed E-state index contributed by atoms with van der Waals surface area (Å²) in [6.07, 6.45) is 0.369. The van der Waals surface area contributed by atoms with Crippen LogP contribution < -0.4 is 0 Å². The lowest BCUT2D eigenvalue weighted by molar-refractivity contribution is -0.140. The molecule has 2 nitrogen and oxygen atoms in total. The van der Waals surface area contributed by atoms with Crippen molar-refractivity contribution in [2.45, 2.75) is 24.3 Å². The molecule has 0 heterocycles. The van der Waals surface area contributed by atoms with Crippen molar-refractivity contribution in [3.8, 4) is 0 Å². The van der Waals surface area contributed by atoms with Crippen molar-refractivity contribution in [1.82, 2.24) is 0 Å². The van der Waals surface area contributed by atoms with Gasteiger partial charge in [-0.2, -0.15) is 11.8 Å². The predicted octanol–water partition coefficient (Wildman–Crippen LogP) is 3.77. The minimum Gasteiger partial charge on any atom is -0.469 e. The van der Waals surface area contributed by atoms with Crippen LogP contribution in [-0.2, 0) is 15.3 Å². The van der Waals surface area contributed by atoms with E-state index in [2.05, 4.69) is 20.7 Å². The molecule has 1 rings (SSSR count). The van der Waals surface area contributed by atoms with Gasteiger partial charge in [0.15, 0.2) is 0 Å². The number of ether oxygens (including phenoxy) is 1. The van der Waals surface area contributed by atoms with Crippen LogP contribution >= 0.6 is 27.7 Å². The molecule has 0 saturated heterocycles. The number of carbonyl (C=O) groups excluding carboxylic acids is 1. The monoisotopic (exact) mass is 320 g/mol. The highest BCUT2D eigenvalue weighted by Crippen LogP contribution is 2.26. The highest BCUT2D eigenvalue weighted by atomic mass is 79.9. The van der Waals surface area contributed by atoms with E-state index >= 15 is 0 Å². The summed E-state index contributed by atoms with van der Waals surface area (Å²) in [5, 5.41) is 0.151. The van der Waals surface area contributed by atoms with Crippen LogP contribution in [0, 0.1) is 5.82 Å². The van der Waals surface area contributed by atoms with E-state index in [-0.39, 0.29) is 17.0 Å². The van der Waals surface area contributed by atoms with Crippen molar-refractivity contribution < 1.29 is 13.9 Å². The fraction of sp³-hybridized carbons (Fsp3) is 0.417. The number of thioether (sulfide) groups is 1. The molecule has 0 N–H and O–H groups in total. The Labute approximate surface area is 113 Å². The third kappa shape index (κ3) is 5.08. The first-order chi connectivity index (χ1) is 8.02. The van der Waals surface area contributed by atoms with Gasteiger partial charge in [-0.3, -0.25) is 4.79 Å². The quantitative estimate of drug-likeness (QED) is 0.772. The summed E-state index contributed by atoms with van der Waals surface area (Å²) in [6, 6.07) is 4.61. The zero-order chi connectivity index (χ0) is 12.8. The van der Waals surface area contributed by atoms with Gasteiger partial charge in [0.2, 0.25) is 0 Å². The number of hydrogen-bond donors (Lipinski definition) is 0. The van der Waals surface area contributed by atoms with Crippen LogP contribution in [-0.4, -0.2) is 18.3 Å². The first-order valence-corrected chi connectivity index (χ1v) is 6.99. The number of carbonyl (C=O) groups is 1. The molecular weight excluding hydrogens is 307 g/mol. The van der Waals surface area contributed by atoms with Crippen molar-refractivity contribution in [2.24, 2.45) is 0 Å². The second-order valence-electron chi connectivity index (χ2n) is 3.64. The molecule has 0 aromatic heterocycles. The number of rotatable bonds is 5. The zero-order valence-electron chi connectivity index (χ0n) is 9.70. The largest absolute Gasteiger partial charge is 0.469 e. The summed E-state index contributed by atoms with van der Waals surface area (Å²) in [6.45, 7) is 1.95. The lowest BCUT2D eigenvalue weighted by atomic mass is 10.2. The van der Waals surface area contributed by atoms with E-state index in [0.717, 1.165) is 10.0 Å². The highest BCUT2D eigenvalue weighted by Gasteiger charge is 2.11. The summed E-state index contributed by atoms with van der Waals surface area (Å²) in [4.78, 5) is 11.0. The van der Waals surface area contributed by atoms with Gasteiger partial charge in [-0.05, 0) is 23.8 Å². The van der Waals surface area contributed by atoms with E-state index in [1.165, 1.54) is 19.2 Å². The average molecular weight is 321 g/mol. The third-order valence-corrected chi connectivity index (χ3v) is 4.20. The number of hydrogen-bond acceptors (Lipinski definition) is 3. The van der Waals surface area contributed by atoms with Crippen molar-refractivity contribution in [2.75, 3.05) is 7.11 Å². The standard InChI is InChI=1S/C12H14BrFO2S/c1-8(5-12(15)16-2)17-7-9-6-10(14)3-4-11(9)13/h3-4,6,8H,5,7H2,1-2H3. The predicted molar refractivity (Wildman–Crippen MR) is 71.5 cm³/mol. The van der Waals surface area contributed by atoms with Crippen LogP contribution in [0.2, 0.25) is 0 Å². The first-order valence-electron chi connectivity index (χ1n) is 5.15. The smallest absolute Gasteiger partial charge is 0.306 e. The van der Waals surface area contributed by atoms with Crippen LogP contribution in [0.5, 0.6) is 0 Å². The fourth-order valence-electron chi connectivity index (χ4n) is 1.26. The van der Waals surface area contributed by atoms with E-state index in [0.29, 0.717) is 12.2 Å². The summed E-state index contributed by atoms with van der Waals surface area (Å²) in [7, 11) is 1.38. The number of methoxy groups -OCH3 is 1. The molecule has 0 aliphatic rings. The summed E-state index contributed by atoms with van der Waals surface area (Å²) >= 11 is 4.97. The first kappa shape index (κ1) is 14.5. The Morgan fingerprint density at radius 3 is 2.94 bits per heavy atom. The SMILES string of the molecule is COC(=O)CC(C)SCc1cc(F)ccc1Br. The molecule has 0 aliphatic carbocycles. The van der Waals surface area contributed by atoms with Gasteiger partial charge in [-0.15, -0.1) is 0 Å². The molecule has 17 heavy (non-hydrogen) atoms. The van der Waals surface area contributed by atoms with Gasteiger partial charge in [0, 0.05) is 15.5 Å². The Morgan fingerprint density at radius 1 is 1.59 bits per heavy atom. The minimum atomic E-state index is -0.246. The maximum atomic E-state index is 13.0. The zero-order valence-corrected chi connectivity index (χ0v) is 12.1. The second kappa shape index (κ2) is 7.01. The molecule has 0 aliphatic heterocycles. The van der Waals surface area contributed by atoms with Crippen LogP contribution in [0.4, 0.5) is 4.39 Å². The van der Waals surface area contributed by atoms with Gasteiger partial charge < -0.3 is 4.74 Å². The highest BCUT2D eigenvalue weighted by molar-refractivity contribution is 9.10. The van der Waals surface area contributed by atoms with Crippen molar-refractivity contribution in [3.63, 3.8) is 0 Å². The Balaban J connectivity index is 2.49. The van der Waals surface area contributed by atoms with Gasteiger partial charge in [0.05, 0.1) is 13.5 Å². The molecule has 0 amide bonds. The maximum absolute atomic E-state index is 13.0. The van der Waals surface area contributed by atoms with Crippen LogP contribution in [0.1, 0.15) is 18.9 Å². The molecule has 94 valence electrons. The molecule has 5 heteroatoms. The Bertz CT molecular complexity index is 398. The summed E-state index contributed by atoms with van der Waals surface area (Å²) in [5.41, 5.74) is 0.895. The van der Waals surface area contributed by atoms with Gasteiger partial charge >= 0.3 is 5.97 Å². The normalized spacial score (nSPS) is 12.2. The van der Waals surface area contributed by atoms with Crippen molar-refractivity contribution in [1.29, 1.82) is 0 Å². The van der Waals surface area contributed by atoms with E-state index < -0.39 is 0 Å². The Hall–Kier alpha value is -0.550. The van der Waals surface area contributed by atoms with Gasteiger partial charge in [0.25, 0.3) is 0 Å². The third-order valence-electron chi connectivity index (χ3n) is 2.21. The van der Waals surface area contributed by atoms with Gasteiger partial charge in [-0.25, -0.2) is 4.39 Å². The Morgan fingerprint density at radius 2 is 2.29 bits per heavy atom. The van der Waals surface area contributed by atoms with Crippen molar-refractivity contribution in [3.05, 3.63) is 34.1 Å². The lowest BCUT2D eigenvalue weighted by Crippen LogP contribution is -2.08. The fourth-order valence-corrected chi connectivity index (χ4v) is 2.79. The molecule has 0 bridgehead atoms. The maximum Gasteiger partial charge on any atom is 0.306 e. The summed E-state index contributed by atoms with van der Waals surface area (Å²) < 4.78 is 18.5.